The maximum Gasteiger partial charge on any atom is 0.338 e. The summed E-state index contributed by atoms with van der Waals surface area (Å²) in [4.78, 5) is 35.0. The van der Waals surface area contributed by atoms with Crippen molar-refractivity contribution < 1.29 is 32.6 Å². The topological polar surface area (TPSA) is 104 Å². The van der Waals surface area contributed by atoms with E-state index in [1.807, 2.05) is 0 Å². The van der Waals surface area contributed by atoms with Gasteiger partial charge in [-0.1, -0.05) is 22.0 Å². The monoisotopic (exact) mass is 646 g/mol. The summed E-state index contributed by atoms with van der Waals surface area (Å²) in [6, 6.07) is 2.75. The minimum atomic E-state index is -2.95. The minimum Gasteiger partial charge on any atom is -0.481 e. The quantitative estimate of drug-likeness (QED) is 0.353. The van der Waals surface area contributed by atoms with Crippen molar-refractivity contribution in [2.75, 3.05) is 31.2 Å². The Bertz CT molecular complexity index is 1280. The number of thioether (sulfide) groups is 1. The lowest BCUT2D eigenvalue weighted by Crippen LogP contribution is -2.52. The SMILES string of the molecule is CCOC(=O)C1=C(CN2CC(F)(F)CCC2CSCC(=O)O)NC(c2nccs2)=N[C@H]1c1ccc(F)cc1Br. The van der Waals surface area contributed by atoms with Gasteiger partial charge in [0, 0.05) is 46.5 Å². The summed E-state index contributed by atoms with van der Waals surface area (Å²) < 4.78 is 48.9. The van der Waals surface area contributed by atoms with Gasteiger partial charge in [0.15, 0.2) is 10.8 Å². The van der Waals surface area contributed by atoms with Crippen molar-refractivity contribution in [2.24, 2.45) is 4.99 Å². The average Bonchev–Trinajstić information content (AvgIpc) is 3.40. The van der Waals surface area contributed by atoms with E-state index in [4.69, 9.17) is 14.8 Å². The smallest absolute Gasteiger partial charge is 0.338 e. The molecule has 0 bridgehead atoms. The van der Waals surface area contributed by atoms with Crippen molar-refractivity contribution >= 4 is 56.8 Å². The fraction of sp³-hybridized carbons (Fsp3) is 0.440. The van der Waals surface area contributed by atoms with E-state index < -0.39 is 36.3 Å². The summed E-state index contributed by atoms with van der Waals surface area (Å²) in [5.41, 5.74) is 0.932. The van der Waals surface area contributed by atoms with E-state index >= 15 is 0 Å². The Kier molecular flexibility index (Phi) is 9.73. The third-order valence-corrected chi connectivity index (χ3v) is 8.74. The van der Waals surface area contributed by atoms with Gasteiger partial charge in [-0.3, -0.25) is 14.7 Å². The van der Waals surface area contributed by atoms with E-state index in [9.17, 15) is 22.8 Å². The van der Waals surface area contributed by atoms with Gasteiger partial charge >= 0.3 is 11.9 Å². The van der Waals surface area contributed by atoms with Crippen molar-refractivity contribution in [2.45, 2.75) is 37.8 Å². The molecule has 2 N–H and O–H groups in total. The number of aliphatic imine (C=N–C) groups is 1. The number of aliphatic carboxylic acids is 1. The summed E-state index contributed by atoms with van der Waals surface area (Å²) in [5, 5.41) is 14.5. The molecule has 0 aliphatic carbocycles. The molecule has 14 heteroatoms. The number of halogens is 4. The standard InChI is InChI=1S/C25H26BrF3N4O4S2/c1-2-37-24(36)20-18(10-33-13-25(28,29)6-5-15(33)11-38-12-19(34)35)31-22(23-30-7-8-39-23)32-21(20)16-4-3-14(27)9-17(16)26/h3-4,7-9,15,21H,2,5-6,10-13H2,1H3,(H,31,32)(H,34,35)/t15?,21-/m0/s1. The highest BCUT2D eigenvalue weighted by Gasteiger charge is 2.42. The fourth-order valence-corrected chi connectivity index (χ4v) is 6.59. The summed E-state index contributed by atoms with van der Waals surface area (Å²) in [5.74, 6) is -4.55. The molecular formula is C25H26BrF3N4O4S2. The van der Waals surface area contributed by atoms with Crippen LogP contribution in [0.4, 0.5) is 13.2 Å². The molecule has 0 radical (unpaired) electrons. The maximum absolute atomic E-state index is 14.6. The second-order valence-corrected chi connectivity index (χ2v) is 11.8. The van der Waals surface area contributed by atoms with Crippen LogP contribution >= 0.6 is 39.0 Å². The first kappa shape index (κ1) is 29.6. The Hall–Kier alpha value is -2.42. The van der Waals surface area contributed by atoms with Crippen LogP contribution in [0.1, 0.15) is 36.4 Å². The first-order chi connectivity index (χ1) is 18.6. The van der Waals surface area contributed by atoms with Gasteiger partial charge in [0.05, 0.1) is 24.5 Å². The van der Waals surface area contributed by atoms with Gasteiger partial charge in [0.2, 0.25) is 0 Å². The van der Waals surface area contributed by atoms with Gasteiger partial charge < -0.3 is 15.2 Å². The Morgan fingerprint density at radius 2 is 2.18 bits per heavy atom. The van der Waals surface area contributed by atoms with Crippen LogP contribution in [0.25, 0.3) is 0 Å². The number of thiazole rings is 1. The van der Waals surface area contributed by atoms with Gasteiger partial charge in [-0.25, -0.2) is 22.9 Å². The molecule has 3 heterocycles. The number of carbonyl (C=O) groups is 2. The summed E-state index contributed by atoms with van der Waals surface area (Å²) in [7, 11) is 0. The zero-order valence-corrected chi connectivity index (χ0v) is 24.1. The number of carbonyl (C=O) groups excluding carboxylic acids is 1. The minimum absolute atomic E-state index is 0.0677. The third kappa shape index (κ3) is 7.41. The van der Waals surface area contributed by atoms with Crippen molar-refractivity contribution in [3.63, 3.8) is 0 Å². The van der Waals surface area contributed by atoms with Crippen LogP contribution in [-0.2, 0) is 14.3 Å². The second kappa shape index (κ2) is 12.8. The number of amidine groups is 1. The van der Waals surface area contributed by atoms with Crippen molar-refractivity contribution in [3.8, 4) is 0 Å². The number of aromatic nitrogens is 1. The zero-order valence-electron chi connectivity index (χ0n) is 20.8. The van der Waals surface area contributed by atoms with Crippen molar-refractivity contribution in [3.05, 3.63) is 61.9 Å². The summed E-state index contributed by atoms with van der Waals surface area (Å²) in [6.07, 6.45) is 1.45. The number of rotatable bonds is 10. The predicted octanol–water partition coefficient (Wildman–Crippen LogP) is 4.87. The molecule has 2 aliphatic rings. The Balaban J connectivity index is 1.78. The molecule has 0 amide bonds. The van der Waals surface area contributed by atoms with Gasteiger partial charge in [-0.2, -0.15) is 0 Å². The molecule has 0 spiro atoms. The number of hydrogen-bond donors (Lipinski definition) is 2. The van der Waals surface area contributed by atoms with Gasteiger partial charge in [-0.15, -0.1) is 23.1 Å². The molecule has 39 heavy (non-hydrogen) atoms. The molecule has 1 aromatic carbocycles. The fourth-order valence-electron chi connectivity index (χ4n) is 4.49. The van der Waals surface area contributed by atoms with Crippen LogP contribution in [0.15, 0.2) is 50.5 Å². The second-order valence-electron chi connectivity index (χ2n) is 8.98. The van der Waals surface area contributed by atoms with E-state index in [1.165, 1.54) is 29.5 Å². The Labute approximate surface area is 239 Å². The number of nitrogens with zero attached hydrogens (tertiary/aromatic N) is 3. The van der Waals surface area contributed by atoms with E-state index in [1.54, 1.807) is 23.4 Å². The Morgan fingerprint density at radius 1 is 1.38 bits per heavy atom. The van der Waals surface area contributed by atoms with E-state index in [0.29, 0.717) is 32.3 Å². The number of benzene rings is 1. The number of carboxylic acids is 1. The van der Waals surface area contributed by atoms with Crippen LogP contribution in [0.3, 0.4) is 0 Å². The van der Waals surface area contributed by atoms with Crippen LogP contribution in [0.2, 0.25) is 0 Å². The average molecular weight is 648 g/mol. The molecular weight excluding hydrogens is 621 g/mol. The third-order valence-electron chi connectivity index (χ3n) is 6.20. The summed E-state index contributed by atoms with van der Waals surface area (Å²) in [6.45, 7) is 1.11. The molecule has 1 fully saturated rings. The van der Waals surface area contributed by atoms with Crippen molar-refractivity contribution in [1.82, 2.24) is 15.2 Å². The van der Waals surface area contributed by atoms with Gasteiger partial charge in [0.1, 0.15) is 11.9 Å². The number of hydrogen-bond acceptors (Lipinski definition) is 9. The van der Waals surface area contributed by atoms with Crippen LogP contribution < -0.4 is 5.32 Å². The Morgan fingerprint density at radius 3 is 2.85 bits per heavy atom. The molecule has 2 atom stereocenters. The lowest BCUT2D eigenvalue weighted by molar-refractivity contribution is -0.139. The number of nitrogens with one attached hydrogen (secondary N) is 1. The molecule has 8 nitrogen and oxygen atoms in total. The van der Waals surface area contributed by atoms with E-state index in [-0.39, 0.29) is 43.4 Å². The normalized spacial score (nSPS) is 21.3. The molecule has 0 saturated carbocycles. The highest BCUT2D eigenvalue weighted by atomic mass is 79.9. The largest absolute Gasteiger partial charge is 0.481 e. The highest BCUT2D eigenvalue weighted by molar-refractivity contribution is 9.10. The first-order valence-corrected chi connectivity index (χ1v) is 14.9. The molecule has 1 aromatic heterocycles. The molecule has 2 aliphatic heterocycles. The first-order valence-electron chi connectivity index (χ1n) is 12.1. The van der Waals surface area contributed by atoms with Crippen LogP contribution in [0.5, 0.6) is 0 Å². The number of likely N-dealkylation sites (tertiary alicyclic amines) is 1. The molecule has 2 aromatic rings. The maximum atomic E-state index is 14.6. The van der Waals surface area contributed by atoms with Gasteiger partial charge in [-0.05, 0) is 31.0 Å². The van der Waals surface area contributed by atoms with Crippen LogP contribution in [-0.4, -0.2) is 75.9 Å². The zero-order chi connectivity index (χ0) is 28.2. The number of alkyl halides is 2. The molecule has 1 unspecified atom stereocenters. The predicted molar refractivity (Wildman–Crippen MR) is 147 cm³/mol. The number of carboxylic acid groups (broad SMARTS) is 1. The lowest BCUT2D eigenvalue weighted by atomic mass is 9.94. The molecule has 1 saturated heterocycles. The highest BCUT2D eigenvalue weighted by Crippen LogP contribution is 2.38. The van der Waals surface area contributed by atoms with Gasteiger partial charge in [0.25, 0.3) is 5.92 Å². The van der Waals surface area contributed by atoms with Crippen molar-refractivity contribution in [1.29, 1.82) is 0 Å². The van der Waals surface area contributed by atoms with Crippen LogP contribution in [0, 0.1) is 5.82 Å². The molecule has 4 rings (SSSR count). The number of ether oxygens (including phenoxy) is 1. The van der Waals surface area contributed by atoms with E-state index in [2.05, 4.69) is 26.2 Å². The number of piperidine rings is 1. The summed E-state index contributed by atoms with van der Waals surface area (Å²) >= 11 is 5.84. The number of esters is 1. The van der Waals surface area contributed by atoms with E-state index in [0.717, 1.165) is 11.8 Å². The lowest BCUT2D eigenvalue weighted by Gasteiger charge is -2.40. The molecule has 210 valence electrons.